The van der Waals surface area contributed by atoms with Crippen molar-refractivity contribution >= 4 is 13.3 Å². The molecule has 0 atom stereocenters. The Labute approximate surface area is 116 Å². The lowest BCUT2D eigenvalue weighted by molar-refractivity contribution is 0.467. The van der Waals surface area contributed by atoms with E-state index in [0.29, 0.717) is 5.75 Å². The van der Waals surface area contributed by atoms with E-state index < -0.39 is 8.07 Å². The van der Waals surface area contributed by atoms with Crippen molar-refractivity contribution in [1.82, 2.24) is 0 Å². The summed E-state index contributed by atoms with van der Waals surface area (Å²) < 4.78 is 0. The normalized spacial score (nSPS) is 11.5. The summed E-state index contributed by atoms with van der Waals surface area (Å²) >= 11 is 0. The molecule has 19 heavy (non-hydrogen) atoms. The van der Waals surface area contributed by atoms with E-state index in [0.717, 1.165) is 18.4 Å². The second kappa shape index (κ2) is 6.07. The molecule has 2 aromatic rings. The van der Waals surface area contributed by atoms with Gasteiger partial charge in [-0.25, -0.2) is 0 Å². The monoisotopic (exact) mass is 270 g/mol. The van der Waals surface area contributed by atoms with Crippen molar-refractivity contribution in [2.24, 2.45) is 0 Å². The Hall–Kier alpha value is -1.54. The maximum absolute atomic E-state index is 9.77. The maximum atomic E-state index is 9.77. The second-order valence-electron chi connectivity index (χ2n) is 5.73. The van der Waals surface area contributed by atoms with Gasteiger partial charge in [0.15, 0.2) is 0 Å². The minimum Gasteiger partial charge on any atom is -0.508 e. The molecular formula is C17H22OSi. The van der Waals surface area contributed by atoms with Crippen LogP contribution in [0.15, 0.2) is 54.6 Å². The number of benzene rings is 2. The molecule has 0 bridgehead atoms. The zero-order valence-electron chi connectivity index (χ0n) is 11.8. The highest BCUT2D eigenvalue weighted by molar-refractivity contribution is 6.89. The van der Waals surface area contributed by atoms with Crippen LogP contribution >= 0.6 is 0 Å². The van der Waals surface area contributed by atoms with E-state index in [-0.39, 0.29) is 0 Å². The third-order valence-electron chi connectivity index (χ3n) is 3.79. The number of para-hydroxylation sites is 1. The molecule has 100 valence electrons. The fourth-order valence-electron chi connectivity index (χ4n) is 2.48. The molecule has 0 heterocycles. The highest BCUT2D eigenvalue weighted by Crippen LogP contribution is 2.20. The van der Waals surface area contributed by atoms with Crippen molar-refractivity contribution in [2.75, 3.05) is 0 Å². The summed E-state index contributed by atoms with van der Waals surface area (Å²) in [5, 5.41) is 11.3. The van der Waals surface area contributed by atoms with Crippen molar-refractivity contribution in [2.45, 2.75) is 32.0 Å². The molecule has 0 aliphatic heterocycles. The summed E-state index contributed by atoms with van der Waals surface area (Å²) in [6.45, 7) is 4.85. The Kier molecular flexibility index (Phi) is 4.43. The summed E-state index contributed by atoms with van der Waals surface area (Å²) in [5.74, 6) is 0.432. The van der Waals surface area contributed by atoms with Crippen molar-refractivity contribution in [3.05, 3.63) is 60.2 Å². The molecule has 0 spiro atoms. The molecule has 2 rings (SSSR count). The molecule has 0 radical (unpaired) electrons. The highest BCUT2D eigenvalue weighted by Gasteiger charge is 2.22. The molecule has 2 aromatic carbocycles. The van der Waals surface area contributed by atoms with Gasteiger partial charge in [0.05, 0.1) is 8.07 Å². The molecular weight excluding hydrogens is 248 g/mol. The second-order valence-corrected chi connectivity index (χ2v) is 10.6. The number of rotatable bonds is 5. The predicted octanol–water partition coefficient (Wildman–Crippen LogP) is 3.94. The number of hydrogen-bond donors (Lipinski definition) is 1. The summed E-state index contributed by atoms with van der Waals surface area (Å²) in [6, 6.07) is 19.8. The van der Waals surface area contributed by atoms with Gasteiger partial charge in [-0.2, -0.15) is 0 Å². The Morgan fingerprint density at radius 3 is 2.21 bits per heavy atom. The Bertz CT molecular complexity index is 520. The number of phenolic OH excluding ortho intramolecular Hbond substituents is 1. The van der Waals surface area contributed by atoms with Gasteiger partial charge in [0.25, 0.3) is 0 Å². The van der Waals surface area contributed by atoms with Gasteiger partial charge in [-0.15, -0.1) is 0 Å². The van der Waals surface area contributed by atoms with Crippen LogP contribution in [-0.4, -0.2) is 13.2 Å². The lowest BCUT2D eigenvalue weighted by Gasteiger charge is -2.23. The lowest BCUT2D eigenvalue weighted by atomic mass is 10.1. The molecule has 1 N–H and O–H groups in total. The van der Waals surface area contributed by atoms with E-state index in [9.17, 15) is 5.11 Å². The molecule has 0 amide bonds. The minimum absolute atomic E-state index is 0.432. The van der Waals surface area contributed by atoms with Crippen LogP contribution in [0.2, 0.25) is 19.1 Å². The third kappa shape index (κ3) is 3.71. The van der Waals surface area contributed by atoms with Crippen LogP contribution in [-0.2, 0) is 6.42 Å². The maximum Gasteiger partial charge on any atom is 0.118 e. The Morgan fingerprint density at radius 1 is 0.895 bits per heavy atom. The first-order chi connectivity index (χ1) is 9.09. The zero-order chi connectivity index (χ0) is 13.7. The van der Waals surface area contributed by atoms with Gasteiger partial charge in [-0.05, 0) is 18.1 Å². The molecule has 0 unspecified atom stereocenters. The van der Waals surface area contributed by atoms with Gasteiger partial charge < -0.3 is 5.11 Å². The molecule has 0 aromatic heterocycles. The van der Waals surface area contributed by atoms with Crippen LogP contribution in [0, 0.1) is 0 Å². The number of hydrogen-bond acceptors (Lipinski definition) is 1. The summed E-state index contributed by atoms with van der Waals surface area (Å²) in [5.41, 5.74) is 1.07. The molecule has 0 saturated carbocycles. The topological polar surface area (TPSA) is 20.2 Å². The van der Waals surface area contributed by atoms with E-state index in [1.54, 1.807) is 6.07 Å². The van der Waals surface area contributed by atoms with E-state index >= 15 is 0 Å². The van der Waals surface area contributed by atoms with Gasteiger partial charge in [0, 0.05) is 0 Å². The standard InChI is InChI=1S/C17H22OSi/c1-19(2,16-11-4-3-5-12-16)14-8-10-15-9-6-7-13-17(15)18/h3-7,9,11-13,18H,8,10,14H2,1-2H3. The molecule has 0 aliphatic rings. The van der Waals surface area contributed by atoms with Gasteiger partial charge in [-0.1, -0.05) is 79.3 Å². The summed E-state index contributed by atoms with van der Waals surface area (Å²) in [4.78, 5) is 0. The van der Waals surface area contributed by atoms with Crippen LogP contribution in [0.1, 0.15) is 12.0 Å². The van der Waals surface area contributed by atoms with E-state index in [2.05, 4.69) is 43.4 Å². The first kappa shape index (κ1) is 13.9. The van der Waals surface area contributed by atoms with Gasteiger partial charge in [-0.3, -0.25) is 0 Å². The van der Waals surface area contributed by atoms with Crippen molar-refractivity contribution in [3.63, 3.8) is 0 Å². The van der Waals surface area contributed by atoms with Crippen LogP contribution in [0.3, 0.4) is 0 Å². The smallest absolute Gasteiger partial charge is 0.118 e. The summed E-state index contributed by atoms with van der Waals surface area (Å²) in [6.07, 6.45) is 2.11. The van der Waals surface area contributed by atoms with Gasteiger partial charge >= 0.3 is 0 Å². The Morgan fingerprint density at radius 2 is 1.53 bits per heavy atom. The average molecular weight is 270 g/mol. The van der Waals surface area contributed by atoms with Crippen molar-refractivity contribution in [3.8, 4) is 5.75 Å². The largest absolute Gasteiger partial charge is 0.508 e. The van der Waals surface area contributed by atoms with Crippen LogP contribution in [0.4, 0.5) is 0 Å². The highest BCUT2D eigenvalue weighted by atomic mass is 28.3. The lowest BCUT2D eigenvalue weighted by Crippen LogP contribution is -2.40. The average Bonchev–Trinajstić information content (AvgIpc) is 2.42. The summed E-state index contributed by atoms with van der Waals surface area (Å²) in [7, 11) is -1.33. The molecule has 0 saturated heterocycles. The van der Waals surface area contributed by atoms with Crippen LogP contribution < -0.4 is 5.19 Å². The van der Waals surface area contributed by atoms with Gasteiger partial charge in [0.1, 0.15) is 5.75 Å². The number of aromatic hydroxyl groups is 1. The Balaban J connectivity index is 1.94. The van der Waals surface area contributed by atoms with Crippen molar-refractivity contribution < 1.29 is 5.11 Å². The molecule has 1 nitrogen and oxygen atoms in total. The predicted molar refractivity (Wildman–Crippen MR) is 84.8 cm³/mol. The first-order valence-corrected chi connectivity index (χ1v) is 10.1. The zero-order valence-corrected chi connectivity index (χ0v) is 12.8. The fourth-order valence-corrected chi connectivity index (χ4v) is 4.92. The third-order valence-corrected chi connectivity index (χ3v) is 7.29. The van der Waals surface area contributed by atoms with E-state index in [4.69, 9.17) is 0 Å². The molecule has 0 fully saturated rings. The van der Waals surface area contributed by atoms with Crippen LogP contribution in [0.5, 0.6) is 5.75 Å². The number of aryl methyl sites for hydroxylation is 1. The first-order valence-electron chi connectivity index (χ1n) is 6.92. The molecule has 0 aliphatic carbocycles. The minimum atomic E-state index is -1.33. The van der Waals surface area contributed by atoms with Crippen LogP contribution in [0.25, 0.3) is 0 Å². The fraction of sp³-hybridized carbons (Fsp3) is 0.294. The quantitative estimate of drug-likeness (QED) is 0.816. The van der Waals surface area contributed by atoms with Crippen molar-refractivity contribution in [1.29, 1.82) is 0 Å². The van der Waals surface area contributed by atoms with E-state index in [1.807, 2.05) is 18.2 Å². The van der Waals surface area contributed by atoms with E-state index in [1.165, 1.54) is 11.2 Å². The number of phenols is 1. The SMILES string of the molecule is C[Si](C)(CCCc1ccccc1O)c1ccccc1. The van der Waals surface area contributed by atoms with Gasteiger partial charge in [0.2, 0.25) is 0 Å². The molecule has 2 heteroatoms.